The molecule has 0 spiro atoms. The molecule has 3 heteroatoms. The quantitative estimate of drug-likeness (QED) is 0.577. The van der Waals surface area contributed by atoms with E-state index in [9.17, 15) is 4.79 Å². The van der Waals surface area contributed by atoms with E-state index in [2.05, 4.69) is 28.7 Å². The van der Waals surface area contributed by atoms with Gasteiger partial charge in [-0.15, -0.1) is 0 Å². The maximum atomic E-state index is 10.9. The summed E-state index contributed by atoms with van der Waals surface area (Å²) in [5.74, 6) is 0. The fourth-order valence-corrected chi connectivity index (χ4v) is 1.97. The maximum Gasteiger partial charge on any atom is 0.252 e. The van der Waals surface area contributed by atoms with Gasteiger partial charge in [0.25, 0.3) is 5.24 Å². The first kappa shape index (κ1) is 9.93. The fourth-order valence-electron chi connectivity index (χ4n) is 1.34. The second-order valence-electron chi connectivity index (χ2n) is 2.98. The van der Waals surface area contributed by atoms with Gasteiger partial charge in [-0.25, -0.2) is 0 Å². The number of fused-ring (bicyclic) bond motifs is 1. The zero-order valence-corrected chi connectivity index (χ0v) is 10.0. The van der Waals surface area contributed by atoms with Crippen molar-refractivity contribution in [3.05, 3.63) is 45.5 Å². The minimum Gasteiger partial charge on any atom is -0.276 e. The summed E-state index contributed by atoms with van der Waals surface area (Å²) < 4.78 is 1.18. The van der Waals surface area contributed by atoms with Gasteiger partial charge < -0.3 is 0 Å². The lowest BCUT2D eigenvalue weighted by Gasteiger charge is -2.00. The molecule has 0 saturated heterocycles. The van der Waals surface area contributed by atoms with Gasteiger partial charge in [0.15, 0.2) is 0 Å². The van der Waals surface area contributed by atoms with Crippen molar-refractivity contribution in [2.75, 3.05) is 0 Å². The monoisotopic (exact) mass is 316 g/mol. The molecule has 0 bridgehead atoms. The normalized spacial score (nSPS) is 10.4. The van der Waals surface area contributed by atoms with Crippen molar-refractivity contribution < 1.29 is 4.79 Å². The summed E-state index contributed by atoms with van der Waals surface area (Å²) in [6, 6.07) is 11.5. The Bertz CT molecular complexity index is 508. The zero-order chi connectivity index (χ0) is 10.1. The highest BCUT2D eigenvalue weighted by molar-refractivity contribution is 14.1. The second kappa shape index (κ2) is 3.87. The number of carbonyl (C=O) groups excluding carboxylic acids is 1. The molecule has 0 saturated carbocycles. The van der Waals surface area contributed by atoms with Crippen molar-refractivity contribution in [2.45, 2.75) is 0 Å². The summed E-state index contributed by atoms with van der Waals surface area (Å²) in [5.41, 5.74) is 0.542. The first-order valence-electron chi connectivity index (χ1n) is 4.06. The van der Waals surface area contributed by atoms with Crippen LogP contribution in [0.4, 0.5) is 0 Å². The van der Waals surface area contributed by atoms with Crippen molar-refractivity contribution in [1.29, 1.82) is 0 Å². The molecule has 0 aliphatic carbocycles. The number of hydrogen-bond donors (Lipinski definition) is 0. The van der Waals surface area contributed by atoms with Gasteiger partial charge in [-0.3, -0.25) is 4.79 Å². The van der Waals surface area contributed by atoms with Crippen molar-refractivity contribution in [2.24, 2.45) is 0 Å². The molecule has 2 aromatic carbocycles. The Morgan fingerprint density at radius 3 is 2.43 bits per heavy atom. The molecule has 0 amide bonds. The van der Waals surface area contributed by atoms with Crippen LogP contribution in [0.2, 0.25) is 0 Å². The molecule has 0 radical (unpaired) electrons. The SMILES string of the molecule is O=C(Cl)c1ccc2cc(I)ccc2c1. The number of rotatable bonds is 1. The lowest BCUT2D eigenvalue weighted by atomic mass is 10.1. The maximum absolute atomic E-state index is 10.9. The number of halogens is 2. The van der Waals surface area contributed by atoms with Crippen LogP contribution in [0.3, 0.4) is 0 Å². The summed E-state index contributed by atoms with van der Waals surface area (Å²) in [5, 5.41) is 1.75. The van der Waals surface area contributed by atoms with Crippen LogP contribution in [0.15, 0.2) is 36.4 Å². The van der Waals surface area contributed by atoms with Gasteiger partial charge >= 0.3 is 0 Å². The third-order valence-corrected chi connectivity index (χ3v) is 2.92. The molecule has 2 rings (SSSR count). The number of hydrogen-bond acceptors (Lipinski definition) is 1. The Kier molecular flexibility index (Phi) is 2.74. The van der Waals surface area contributed by atoms with Crippen LogP contribution in [0.5, 0.6) is 0 Å². The van der Waals surface area contributed by atoms with E-state index >= 15 is 0 Å². The van der Waals surface area contributed by atoms with Gasteiger partial charge in [-0.1, -0.05) is 12.1 Å². The molecule has 0 aromatic heterocycles. The Morgan fingerprint density at radius 1 is 1.07 bits per heavy atom. The lowest BCUT2D eigenvalue weighted by molar-refractivity contribution is 0.108. The molecule has 0 atom stereocenters. The van der Waals surface area contributed by atoms with Crippen LogP contribution in [-0.2, 0) is 0 Å². The van der Waals surface area contributed by atoms with E-state index in [1.807, 2.05) is 18.2 Å². The van der Waals surface area contributed by atoms with Crippen molar-refractivity contribution in [3.63, 3.8) is 0 Å². The Morgan fingerprint density at radius 2 is 1.71 bits per heavy atom. The predicted octanol–water partition coefficient (Wildman–Crippen LogP) is 3.82. The zero-order valence-electron chi connectivity index (χ0n) is 7.13. The highest BCUT2D eigenvalue weighted by Crippen LogP contribution is 2.19. The third-order valence-electron chi connectivity index (χ3n) is 2.03. The van der Waals surface area contributed by atoms with E-state index < -0.39 is 5.24 Å². The van der Waals surface area contributed by atoms with Gasteiger partial charge in [0.05, 0.1) is 0 Å². The van der Waals surface area contributed by atoms with Gasteiger partial charge in [0.1, 0.15) is 0 Å². The fraction of sp³-hybridized carbons (Fsp3) is 0. The average Bonchev–Trinajstić information content (AvgIpc) is 2.16. The van der Waals surface area contributed by atoms with Gasteiger partial charge in [0.2, 0.25) is 0 Å². The molecule has 0 N–H and O–H groups in total. The smallest absolute Gasteiger partial charge is 0.252 e. The van der Waals surface area contributed by atoms with E-state index in [1.165, 1.54) is 3.57 Å². The topological polar surface area (TPSA) is 17.1 Å². The predicted molar refractivity (Wildman–Crippen MR) is 66.8 cm³/mol. The highest BCUT2D eigenvalue weighted by Gasteiger charge is 2.02. The van der Waals surface area contributed by atoms with Crippen molar-refractivity contribution >= 4 is 50.2 Å². The van der Waals surface area contributed by atoms with Crippen LogP contribution in [0, 0.1) is 3.57 Å². The Hall–Kier alpha value is -0.610. The lowest BCUT2D eigenvalue weighted by Crippen LogP contribution is -1.87. The molecule has 14 heavy (non-hydrogen) atoms. The summed E-state index contributed by atoms with van der Waals surface area (Å²) in [6.07, 6.45) is 0. The minimum atomic E-state index is -0.412. The largest absolute Gasteiger partial charge is 0.276 e. The summed E-state index contributed by atoms with van der Waals surface area (Å²) in [4.78, 5) is 10.9. The molecule has 0 fully saturated rings. The second-order valence-corrected chi connectivity index (χ2v) is 4.57. The minimum absolute atomic E-state index is 0.412. The van der Waals surface area contributed by atoms with Crippen LogP contribution < -0.4 is 0 Å². The molecule has 1 nitrogen and oxygen atoms in total. The molecule has 0 aliphatic rings. The highest BCUT2D eigenvalue weighted by atomic mass is 127. The number of carbonyl (C=O) groups is 1. The third kappa shape index (κ3) is 1.91. The standard InChI is InChI=1S/C11H6ClIO/c12-11(14)9-2-1-8-6-10(13)4-3-7(8)5-9/h1-6H. The van der Waals surface area contributed by atoms with E-state index in [-0.39, 0.29) is 0 Å². The molecular weight excluding hydrogens is 310 g/mol. The van der Waals surface area contributed by atoms with E-state index in [4.69, 9.17) is 11.6 Å². The van der Waals surface area contributed by atoms with Crippen LogP contribution in [0.1, 0.15) is 10.4 Å². The Labute approximate surface area is 100 Å². The van der Waals surface area contributed by atoms with Crippen LogP contribution >= 0.6 is 34.2 Å². The molecule has 0 aliphatic heterocycles. The molecule has 70 valence electrons. The van der Waals surface area contributed by atoms with E-state index in [0.717, 1.165) is 10.8 Å². The van der Waals surface area contributed by atoms with Crippen LogP contribution in [0.25, 0.3) is 10.8 Å². The van der Waals surface area contributed by atoms with E-state index in [0.29, 0.717) is 5.56 Å². The van der Waals surface area contributed by atoms with Gasteiger partial charge in [-0.05, 0) is 69.2 Å². The molecule has 0 unspecified atom stereocenters. The summed E-state index contributed by atoms with van der Waals surface area (Å²) in [7, 11) is 0. The molecule has 0 heterocycles. The van der Waals surface area contributed by atoms with E-state index in [1.54, 1.807) is 12.1 Å². The first-order valence-corrected chi connectivity index (χ1v) is 5.51. The average molecular weight is 317 g/mol. The molecular formula is C11H6ClIO. The Balaban J connectivity index is 2.67. The van der Waals surface area contributed by atoms with Gasteiger partial charge in [0, 0.05) is 9.13 Å². The van der Waals surface area contributed by atoms with Crippen molar-refractivity contribution in [3.8, 4) is 0 Å². The summed E-state index contributed by atoms with van der Waals surface area (Å²) in [6.45, 7) is 0. The van der Waals surface area contributed by atoms with Crippen LogP contribution in [-0.4, -0.2) is 5.24 Å². The van der Waals surface area contributed by atoms with Gasteiger partial charge in [-0.2, -0.15) is 0 Å². The van der Waals surface area contributed by atoms with Crippen molar-refractivity contribution in [1.82, 2.24) is 0 Å². The number of benzene rings is 2. The first-order chi connectivity index (χ1) is 6.66. The molecule has 2 aromatic rings. The summed E-state index contributed by atoms with van der Waals surface area (Å²) >= 11 is 7.65.